The zero-order valence-electron chi connectivity index (χ0n) is 15.4. The predicted molar refractivity (Wildman–Crippen MR) is 101 cm³/mol. The van der Waals surface area contributed by atoms with Crippen molar-refractivity contribution in [3.05, 3.63) is 59.7 Å². The maximum atomic E-state index is 13.0. The topological polar surface area (TPSA) is 58.6 Å². The van der Waals surface area contributed by atoms with Crippen LogP contribution in [-0.4, -0.2) is 29.9 Å². The number of hydrogen-bond acceptors (Lipinski definition) is 3. The van der Waals surface area contributed by atoms with Gasteiger partial charge in [-0.05, 0) is 36.1 Å². The Kier molecular flexibility index (Phi) is 5.26. The Balaban J connectivity index is 1.85. The molecule has 1 aliphatic rings. The minimum atomic E-state index is -0.528. The maximum Gasteiger partial charge on any atom is 0.255 e. The molecule has 1 aliphatic heterocycles. The van der Waals surface area contributed by atoms with Gasteiger partial charge in [0.05, 0.1) is 12.8 Å². The number of ether oxygens (including phenoxy) is 1. The van der Waals surface area contributed by atoms with Gasteiger partial charge in [-0.1, -0.05) is 44.2 Å². The van der Waals surface area contributed by atoms with Gasteiger partial charge in [0.25, 0.3) is 5.91 Å². The Bertz CT molecular complexity index is 816. The number of methoxy groups -OCH3 is 1. The van der Waals surface area contributed by atoms with Gasteiger partial charge in [0.1, 0.15) is 11.8 Å². The lowest BCUT2D eigenvalue weighted by Gasteiger charge is -2.28. The van der Waals surface area contributed by atoms with Crippen molar-refractivity contribution in [2.75, 3.05) is 12.4 Å². The molecule has 5 heteroatoms. The summed E-state index contributed by atoms with van der Waals surface area (Å²) in [7, 11) is 1.57. The van der Waals surface area contributed by atoms with Crippen LogP contribution in [0.15, 0.2) is 48.5 Å². The average Bonchev–Trinajstić information content (AvgIpc) is 2.97. The number of hydrogen-bond donors (Lipinski definition) is 1. The molecule has 3 rings (SSSR count). The first-order chi connectivity index (χ1) is 12.5. The molecular weight excluding hydrogens is 328 g/mol. The van der Waals surface area contributed by atoms with Gasteiger partial charge in [0.15, 0.2) is 0 Å². The van der Waals surface area contributed by atoms with Crippen LogP contribution >= 0.6 is 0 Å². The van der Waals surface area contributed by atoms with Crippen LogP contribution in [0.4, 0.5) is 5.69 Å². The fourth-order valence-corrected chi connectivity index (χ4v) is 3.31. The van der Waals surface area contributed by atoms with Crippen molar-refractivity contribution in [3.63, 3.8) is 0 Å². The monoisotopic (exact) mass is 352 g/mol. The summed E-state index contributed by atoms with van der Waals surface area (Å²) >= 11 is 0. The fraction of sp³-hybridized carbons (Fsp3) is 0.333. The van der Waals surface area contributed by atoms with Crippen molar-refractivity contribution in [2.24, 2.45) is 5.92 Å². The SMILES string of the molecule is COc1ccccc1NC(=O)[C@@H](CC(C)C)N1Cc2ccccc2C1=O. The lowest BCUT2D eigenvalue weighted by atomic mass is 10.0. The number of benzene rings is 2. The van der Waals surface area contributed by atoms with E-state index in [1.165, 1.54) is 0 Å². The first kappa shape index (κ1) is 18.0. The number of fused-ring (bicyclic) bond motifs is 1. The summed E-state index contributed by atoms with van der Waals surface area (Å²) in [5.74, 6) is 0.603. The molecule has 1 atom stereocenters. The average molecular weight is 352 g/mol. The van der Waals surface area contributed by atoms with E-state index in [9.17, 15) is 9.59 Å². The highest BCUT2D eigenvalue weighted by molar-refractivity contribution is 6.03. The van der Waals surface area contributed by atoms with Gasteiger partial charge in [0.2, 0.25) is 5.91 Å². The Morgan fingerprint density at radius 2 is 1.85 bits per heavy atom. The molecule has 5 nitrogen and oxygen atoms in total. The van der Waals surface area contributed by atoms with Gasteiger partial charge in [-0.25, -0.2) is 0 Å². The van der Waals surface area contributed by atoms with Gasteiger partial charge >= 0.3 is 0 Å². The van der Waals surface area contributed by atoms with Gasteiger partial charge in [0, 0.05) is 12.1 Å². The number of amides is 2. The lowest BCUT2D eigenvalue weighted by molar-refractivity contribution is -0.121. The third-order valence-electron chi connectivity index (χ3n) is 4.59. The zero-order valence-corrected chi connectivity index (χ0v) is 15.4. The van der Waals surface area contributed by atoms with Crippen LogP contribution < -0.4 is 10.1 Å². The molecule has 1 heterocycles. The smallest absolute Gasteiger partial charge is 0.255 e. The summed E-state index contributed by atoms with van der Waals surface area (Å²) in [6, 6.07) is 14.3. The summed E-state index contributed by atoms with van der Waals surface area (Å²) in [5, 5.41) is 2.93. The molecule has 0 saturated heterocycles. The highest BCUT2D eigenvalue weighted by atomic mass is 16.5. The molecule has 0 unspecified atom stereocenters. The molecule has 0 bridgehead atoms. The molecule has 2 amide bonds. The highest BCUT2D eigenvalue weighted by Crippen LogP contribution is 2.29. The van der Waals surface area contributed by atoms with E-state index in [2.05, 4.69) is 19.2 Å². The van der Waals surface area contributed by atoms with Crippen molar-refractivity contribution in [1.29, 1.82) is 0 Å². The van der Waals surface area contributed by atoms with Gasteiger partial charge in [-0.15, -0.1) is 0 Å². The number of nitrogens with one attached hydrogen (secondary N) is 1. The van der Waals surface area contributed by atoms with E-state index in [0.29, 0.717) is 30.0 Å². The molecule has 0 spiro atoms. The molecule has 0 fully saturated rings. The summed E-state index contributed by atoms with van der Waals surface area (Å²) in [4.78, 5) is 27.5. The number of carbonyl (C=O) groups excluding carboxylic acids is 2. The quantitative estimate of drug-likeness (QED) is 0.862. The Morgan fingerprint density at radius 1 is 1.15 bits per heavy atom. The van der Waals surface area contributed by atoms with Crippen molar-refractivity contribution in [3.8, 4) is 5.75 Å². The van der Waals surface area contributed by atoms with E-state index < -0.39 is 6.04 Å². The second-order valence-corrected chi connectivity index (χ2v) is 6.93. The predicted octanol–water partition coefficient (Wildman–Crippen LogP) is 3.70. The molecule has 2 aromatic rings. The normalized spacial score (nSPS) is 14.3. The van der Waals surface area contributed by atoms with Crippen LogP contribution in [0.1, 0.15) is 36.2 Å². The molecular formula is C21H24N2O3. The van der Waals surface area contributed by atoms with E-state index in [-0.39, 0.29) is 17.7 Å². The molecule has 26 heavy (non-hydrogen) atoms. The molecule has 1 N–H and O–H groups in total. The third kappa shape index (κ3) is 3.57. The van der Waals surface area contributed by atoms with E-state index in [4.69, 9.17) is 4.74 Å². The number of nitrogens with zero attached hydrogens (tertiary/aromatic N) is 1. The van der Waals surface area contributed by atoms with E-state index >= 15 is 0 Å². The van der Waals surface area contributed by atoms with Crippen LogP contribution in [0.25, 0.3) is 0 Å². The van der Waals surface area contributed by atoms with Crippen LogP contribution in [0.5, 0.6) is 5.75 Å². The number of carbonyl (C=O) groups is 2. The Morgan fingerprint density at radius 3 is 2.54 bits per heavy atom. The lowest BCUT2D eigenvalue weighted by Crippen LogP contribution is -2.45. The maximum absolute atomic E-state index is 13.0. The largest absolute Gasteiger partial charge is 0.495 e. The second kappa shape index (κ2) is 7.60. The summed E-state index contributed by atoms with van der Waals surface area (Å²) in [6.07, 6.45) is 0.598. The molecule has 0 saturated carbocycles. The standard InChI is InChI=1S/C21H24N2O3/c1-14(2)12-18(20(24)22-17-10-6-7-11-19(17)26-3)23-13-15-8-4-5-9-16(15)21(23)25/h4-11,14,18H,12-13H2,1-3H3,(H,22,24)/t18-/m1/s1. The summed E-state index contributed by atoms with van der Waals surface area (Å²) in [5.41, 5.74) is 2.26. The van der Waals surface area contributed by atoms with E-state index in [0.717, 1.165) is 5.56 Å². The third-order valence-corrected chi connectivity index (χ3v) is 4.59. The number of rotatable bonds is 6. The molecule has 0 aliphatic carbocycles. The molecule has 2 aromatic carbocycles. The number of anilines is 1. The van der Waals surface area contributed by atoms with Crippen molar-refractivity contribution in [2.45, 2.75) is 32.9 Å². The van der Waals surface area contributed by atoms with Gasteiger partial charge in [-0.2, -0.15) is 0 Å². The first-order valence-electron chi connectivity index (χ1n) is 8.84. The summed E-state index contributed by atoms with van der Waals surface area (Å²) in [6.45, 7) is 4.57. The minimum absolute atomic E-state index is 0.0820. The first-order valence-corrected chi connectivity index (χ1v) is 8.84. The number of para-hydroxylation sites is 2. The zero-order chi connectivity index (χ0) is 18.7. The van der Waals surface area contributed by atoms with Gasteiger partial charge < -0.3 is 15.0 Å². The summed E-state index contributed by atoms with van der Waals surface area (Å²) < 4.78 is 5.31. The highest BCUT2D eigenvalue weighted by Gasteiger charge is 2.36. The molecule has 0 radical (unpaired) electrons. The molecule has 0 aromatic heterocycles. The van der Waals surface area contributed by atoms with Crippen molar-refractivity contribution >= 4 is 17.5 Å². The van der Waals surface area contributed by atoms with Crippen LogP contribution in [0, 0.1) is 5.92 Å². The van der Waals surface area contributed by atoms with Gasteiger partial charge in [-0.3, -0.25) is 9.59 Å². The van der Waals surface area contributed by atoms with Crippen LogP contribution in [0.3, 0.4) is 0 Å². The van der Waals surface area contributed by atoms with Crippen molar-refractivity contribution < 1.29 is 14.3 Å². The second-order valence-electron chi connectivity index (χ2n) is 6.93. The fourth-order valence-electron chi connectivity index (χ4n) is 3.31. The molecule has 136 valence electrons. The van der Waals surface area contributed by atoms with Crippen LogP contribution in [0.2, 0.25) is 0 Å². The van der Waals surface area contributed by atoms with E-state index in [1.807, 2.05) is 36.4 Å². The van der Waals surface area contributed by atoms with Crippen molar-refractivity contribution in [1.82, 2.24) is 4.90 Å². The Labute approximate surface area is 154 Å². The minimum Gasteiger partial charge on any atom is -0.495 e. The Hall–Kier alpha value is -2.82. The van der Waals surface area contributed by atoms with Crippen LogP contribution in [-0.2, 0) is 11.3 Å². The van der Waals surface area contributed by atoms with E-state index in [1.54, 1.807) is 24.1 Å².